The summed E-state index contributed by atoms with van der Waals surface area (Å²) in [7, 11) is 1.58. The third kappa shape index (κ3) is 3.49. The van der Waals surface area contributed by atoms with E-state index in [2.05, 4.69) is 5.32 Å². The highest BCUT2D eigenvalue weighted by Gasteiger charge is 2.19. The minimum Gasteiger partial charge on any atom is -0.461 e. The van der Waals surface area contributed by atoms with E-state index in [4.69, 9.17) is 13.6 Å². The van der Waals surface area contributed by atoms with Gasteiger partial charge in [0.05, 0.1) is 6.61 Å². The highest BCUT2D eigenvalue weighted by molar-refractivity contribution is 6.00. The zero-order valence-corrected chi connectivity index (χ0v) is 16.4. The number of aryl methyl sites for hydroxylation is 4. The van der Waals surface area contributed by atoms with Crippen LogP contribution in [0.15, 0.2) is 19.7 Å². The molecule has 2 heterocycles. The number of amides is 1. The van der Waals surface area contributed by atoms with Crippen LogP contribution in [0.4, 0.5) is 0 Å². The second kappa shape index (κ2) is 7.56. The Hall–Kier alpha value is -2.60. The first kappa shape index (κ1) is 19.2. The Morgan fingerprint density at radius 3 is 2.41 bits per heavy atom. The molecule has 3 aromatic rings. The number of ether oxygens (including phenoxy) is 1. The van der Waals surface area contributed by atoms with Crippen LogP contribution in [0.25, 0.3) is 21.9 Å². The Morgan fingerprint density at radius 1 is 1.04 bits per heavy atom. The SMILES string of the molecule is COCCNC(=O)CCc1c(C)c2cc3c(C)c(C)oc3c(C)c2oc1=O. The largest absolute Gasteiger partial charge is 0.461 e. The first-order chi connectivity index (χ1) is 12.8. The quantitative estimate of drug-likeness (QED) is 0.530. The van der Waals surface area contributed by atoms with Crippen molar-refractivity contribution >= 4 is 27.8 Å². The lowest BCUT2D eigenvalue weighted by molar-refractivity contribution is -0.121. The number of rotatable bonds is 6. The Kier molecular flexibility index (Phi) is 5.37. The molecule has 0 aliphatic rings. The predicted octanol–water partition coefficient (Wildman–Crippen LogP) is 3.47. The molecule has 1 aromatic carbocycles. The van der Waals surface area contributed by atoms with Crippen LogP contribution in [0, 0.1) is 27.7 Å². The summed E-state index contributed by atoms with van der Waals surface area (Å²) in [6.45, 7) is 8.67. The molecule has 0 fully saturated rings. The van der Waals surface area contributed by atoms with Crippen molar-refractivity contribution in [2.45, 2.75) is 40.5 Å². The first-order valence-electron chi connectivity index (χ1n) is 9.06. The van der Waals surface area contributed by atoms with Gasteiger partial charge in [-0.25, -0.2) is 4.79 Å². The number of furan rings is 1. The molecule has 6 heteroatoms. The number of hydrogen-bond acceptors (Lipinski definition) is 5. The van der Waals surface area contributed by atoms with Gasteiger partial charge in [0.2, 0.25) is 5.91 Å². The van der Waals surface area contributed by atoms with E-state index in [0.29, 0.717) is 30.7 Å². The van der Waals surface area contributed by atoms with Crippen molar-refractivity contribution in [3.8, 4) is 0 Å². The number of fused-ring (bicyclic) bond motifs is 2. The molecule has 1 N–H and O–H groups in total. The highest BCUT2D eigenvalue weighted by atomic mass is 16.5. The molecule has 6 nitrogen and oxygen atoms in total. The van der Waals surface area contributed by atoms with Gasteiger partial charge in [0.15, 0.2) is 0 Å². The van der Waals surface area contributed by atoms with Gasteiger partial charge in [-0.3, -0.25) is 4.79 Å². The van der Waals surface area contributed by atoms with Crippen LogP contribution >= 0.6 is 0 Å². The lowest BCUT2D eigenvalue weighted by atomic mass is 9.98. The molecule has 27 heavy (non-hydrogen) atoms. The maximum Gasteiger partial charge on any atom is 0.339 e. The molecule has 0 aliphatic carbocycles. The van der Waals surface area contributed by atoms with Gasteiger partial charge in [0.1, 0.15) is 16.9 Å². The molecule has 3 rings (SSSR count). The molecular weight excluding hydrogens is 346 g/mol. The lowest BCUT2D eigenvalue weighted by Crippen LogP contribution is -2.27. The minimum atomic E-state index is -0.396. The number of benzene rings is 1. The summed E-state index contributed by atoms with van der Waals surface area (Å²) < 4.78 is 16.4. The van der Waals surface area contributed by atoms with Crippen molar-refractivity contribution in [1.82, 2.24) is 5.32 Å². The average Bonchev–Trinajstić information content (AvgIpc) is 2.91. The first-order valence-corrected chi connectivity index (χ1v) is 9.06. The summed E-state index contributed by atoms with van der Waals surface area (Å²) in [6.07, 6.45) is 0.565. The third-order valence-corrected chi connectivity index (χ3v) is 5.17. The number of carbonyl (C=O) groups excluding carboxylic acids is 1. The minimum absolute atomic E-state index is 0.112. The maximum absolute atomic E-state index is 12.5. The summed E-state index contributed by atoms with van der Waals surface area (Å²) in [5, 5.41) is 4.68. The van der Waals surface area contributed by atoms with Crippen molar-refractivity contribution in [2.75, 3.05) is 20.3 Å². The van der Waals surface area contributed by atoms with Crippen LogP contribution in [-0.4, -0.2) is 26.2 Å². The molecule has 144 valence electrons. The lowest BCUT2D eigenvalue weighted by Gasteiger charge is -2.10. The van der Waals surface area contributed by atoms with Gasteiger partial charge >= 0.3 is 5.63 Å². The third-order valence-electron chi connectivity index (χ3n) is 5.17. The Bertz CT molecular complexity index is 1070. The summed E-state index contributed by atoms with van der Waals surface area (Å²) in [4.78, 5) is 24.5. The normalized spacial score (nSPS) is 11.4. The average molecular weight is 371 g/mol. The van der Waals surface area contributed by atoms with Gasteiger partial charge < -0.3 is 18.9 Å². The fourth-order valence-electron chi connectivity index (χ4n) is 3.40. The van der Waals surface area contributed by atoms with Gasteiger partial charge in [-0.1, -0.05) is 0 Å². The molecule has 0 spiro atoms. The summed E-state index contributed by atoms with van der Waals surface area (Å²) >= 11 is 0. The van der Waals surface area contributed by atoms with Crippen LogP contribution < -0.4 is 10.9 Å². The summed E-state index contributed by atoms with van der Waals surface area (Å²) in [5.41, 5.74) is 4.21. The van der Waals surface area contributed by atoms with Gasteiger partial charge in [-0.05, 0) is 51.3 Å². The summed E-state index contributed by atoms with van der Waals surface area (Å²) in [6, 6.07) is 2.02. The zero-order valence-electron chi connectivity index (χ0n) is 16.4. The molecule has 0 unspecified atom stereocenters. The molecule has 0 bridgehead atoms. The fraction of sp³-hybridized carbons (Fsp3) is 0.429. The zero-order chi connectivity index (χ0) is 19.7. The van der Waals surface area contributed by atoms with Crippen LogP contribution in [0.1, 0.15) is 34.4 Å². The van der Waals surface area contributed by atoms with Crippen LogP contribution in [0.2, 0.25) is 0 Å². The van der Waals surface area contributed by atoms with Crippen LogP contribution in [-0.2, 0) is 16.0 Å². The van der Waals surface area contributed by atoms with Crippen molar-refractivity contribution in [1.29, 1.82) is 0 Å². The van der Waals surface area contributed by atoms with E-state index < -0.39 is 5.63 Å². The topological polar surface area (TPSA) is 81.7 Å². The second-order valence-electron chi connectivity index (χ2n) is 6.87. The second-order valence-corrected chi connectivity index (χ2v) is 6.87. The molecule has 0 saturated heterocycles. The van der Waals surface area contributed by atoms with Crippen molar-refractivity contribution in [2.24, 2.45) is 0 Å². The van der Waals surface area contributed by atoms with E-state index in [9.17, 15) is 9.59 Å². The van der Waals surface area contributed by atoms with E-state index in [1.807, 2.05) is 33.8 Å². The fourth-order valence-corrected chi connectivity index (χ4v) is 3.40. The number of carbonyl (C=O) groups is 1. The van der Waals surface area contributed by atoms with Gasteiger partial charge in [-0.15, -0.1) is 0 Å². The smallest absolute Gasteiger partial charge is 0.339 e. The number of nitrogens with one attached hydrogen (secondary N) is 1. The molecule has 0 atom stereocenters. The van der Waals surface area contributed by atoms with Crippen molar-refractivity contribution < 1.29 is 18.4 Å². The standard InChI is InChI=1S/C21H25NO5/c1-11-14(4)26-19-13(3)20-17(10-16(11)19)12(2)15(21(24)27-20)6-7-18(23)22-8-9-25-5/h10H,6-9H2,1-5H3,(H,22,23). The molecule has 0 radical (unpaired) electrons. The number of methoxy groups -OCH3 is 1. The van der Waals surface area contributed by atoms with E-state index in [1.54, 1.807) is 7.11 Å². The van der Waals surface area contributed by atoms with Crippen LogP contribution in [0.5, 0.6) is 0 Å². The molecule has 0 saturated carbocycles. The van der Waals surface area contributed by atoms with Crippen molar-refractivity contribution in [3.05, 3.63) is 44.5 Å². The van der Waals surface area contributed by atoms with E-state index in [-0.39, 0.29) is 12.3 Å². The molecule has 0 aliphatic heterocycles. The molecule has 2 aromatic heterocycles. The summed E-state index contributed by atoms with van der Waals surface area (Å²) in [5.74, 6) is 0.746. The van der Waals surface area contributed by atoms with Gasteiger partial charge in [0, 0.05) is 42.0 Å². The molecule has 1 amide bonds. The van der Waals surface area contributed by atoms with Crippen molar-refractivity contribution in [3.63, 3.8) is 0 Å². The Balaban J connectivity index is 2.00. The van der Waals surface area contributed by atoms with Crippen LogP contribution in [0.3, 0.4) is 0 Å². The van der Waals surface area contributed by atoms with E-state index in [0.717, 1.165) is 38.8 Å². The Labute approximate surface area is 157 Å². The van der Waals surface area contributed by atoms with E-state index in [1.165, 1.54) is 0 Å². The van der Waals surface area contributed by atoms with E-state index >= 15 is 0 Å². The highest BCUT2D eigenvalue weighted by Crippen LogP contribution is 2.34. The predicted molar refractivity (Wildman–Crippen MR) is 104 cm³/mol. The maximum atomic E-state index is 12.5. The number of hydrogen-bond donors (Lipinski definition) is 1. The molecular formula is C21H25NO5. The monoisotopic (exact) mass is 371 g/mol. The van der Waals surface area contributed by atoms with Gasteiger partial charge in [0.25, 0.3) is 0 Å². The Morgan fingerprint density at radius 2 is 1.70 bits per heavy atom. The van der Waals surface area contributed by atoms with Gasteiger partial charge in [-0.2, -0.15) is 0 Å².